The molecule has 58 heavy (non-hydrogen) atoms. The van der Waals surface area contributed by atoms with Crippen LogP contribution in [-0.4, -0.2) is 128 Å². The van der Waals surface area contributed by atoms with Crippen LogP contribution in [0, 0.1) is 29.1 Å². The third kappa shape index (κ3) is 9.93. The minimum atomic E-state index is -1.44. The molecule has 2 fully saturated rings. The van der Waals surface area contributed by atoms with E-state index in [1.54, 1.807) is 35.2 Å². The Morgan fingerprint density at radius 2 is 1.83 bits per heavy atom. The van der Waals surface area contributed by atoms with E-state index in [1.807, 2.05) is 19.1 Å². The molecule has 2 aromatic carbocycles. The maximum absolute atomic E-state index is 14.9. The fraction of sp³-hybridized carbons (Fsp3) is 0.578. The zero-order valence-corrected chi connectivity index (χ0v) is 33.8. The number of rotatable bonds is 24. The van der Waals surface area contributed by atoms with Gasteiger partial charge >= 0.3 is 0 Å². The van der Waals surface area contributed by atoms with Crippen LogP contribution in [0.25, 0.3) is 0 Å². The number of amides is 1. The maximum Gasteiger partial charge on any atom is 0.254 e. The lowest BCUT2D eigenvalue weighted by Crippen LogP contribution is -2.70. The largest absolute Gasteiger partial charge is 0.492 e. The van der Waals surface area contributed by atoms with E-state index in [0.717, 1.165) is 62.2 Å². The van der Waals surface area contributed by atoms with Crippen molar-refractivity contribution in [3.05, 3.63) is 83.5 Å². The summed E-state index contributed by atoms with van der Waals surface area (Å²) >= 11 is 0. The molecule has 2 aliphatic carbocycles. The van der Waals surface area contributed by atoms with Gasteiger partial charge < -0.3 is 44.0 Å². The molecule has 1 amide bonds. The van der Waals surface area contributed by atoms with Crippen molar-refractivity contribution in [2.75, 3.05) is 79.0 Å². The second-order valence-electron chi connectivity index (χ2n) is 15.4. The van der Waals surface area contributed by atoms with Gasteiger partial charge in [0.1, 0.15) is 30.8 Å². The molecule has 0 spiro atoms. The first-order valence-corrected chi connectivity index (χ1v) is 21.0. The highest BCUT2D eigenvalue weighted by atomic mass is 16.7. The molecule has 13 nitrogen and oxygen atoms in total. The van der Waals surface area contributed by atoms with Crippen molar-refractivity contribution in [3.63, 3.8) is 0 Å². The van der Waals surface area contributed by atoms with Crippen LogP contribution in [0.3, 0.4) is 0 Å². The van der Waals surface area contributed by atoms with Gasteiger partial charge in [0.25, 0.3) is 5.91 Å². The van der Waals surface area contributed by atoms with Gasteiger partial charge in [-0.15, -0.1) is 6.58 Å². The average molecular weight is 801 g/mol. The number of hydrogen-bond acceptors (Lipinski definition) is 12. The van der Waals surface area contributed by atoms with Gasteiger partial charge in [0.15, 0.2) is 0 Å². The Hall–Kier alpha value is -4.29. The van der Waals surface area contributed by atoms with Crippen molar-refractivity contribution in [1.29, 1.82) is 5.26 Å². The predicted molar refractivity (Wildman–Crippen MR) is 219 cm³/mol. The zero-order valence-electron chi connectivity index (χ0n) is 33.8. The van der Waals surface area contributed by atoms with Gasteiger partial charge in [0.05, 0.1) is 49.7 Å². The molecule has 0 bridgehead atoms. The van der Waals surface area contributed by atoms with E-state index in [4.69, 9.17) is 28.9 Å². The number of ether oxygens (including phenoxy) is 4. The van der Waals surface area contributed by atoms with Gasteiger partial charge in [-0.25, -0.2) is 0 Å². The van der Waals surface area contributed by atoms with Crippen molar-refractivity contribution < 1.29 is 43.9 Å². The first-order chi connectivity index (χ1) is 28.4. The number of allylic oxidation sites excluding steroid dienone is 1. The Balaban J connectivity index is 1.56. The summed E-state index contributed by atoms with van der Waals surface area (Å²) in [4.78, 5) is 24.8. The summed E-state index contributed by atoms with van der Waals surface area (Å²) in [5.74, 6) is -0.821. The second-order valence-corrected chi connectivity index (χ2v) is 15.4. The van der Waals surface area contributed by atoms with E-state index < -0.39 is 17.7 Å². The fourth-order valence-electron chi connectivity index (χ4n) is 9.05. The van der Waals surface area contributed by atoms with Crippen LogP contribution < -0.4 is 9.47 Å². The number of carbonyl (C=O) groups excluding carboxylic acids is 1. The van der Waals surface area contributed by atoms with Crippen molar-refractivity contribution in [1.82, 2.24) is 9.80 Å². The van der Waals surface area contributed by atoms with Crippen LogP contribution in [0.15, 0.2) is 71.9 Å². The lowest BCUT2D eigenvalue weighted by Gasteiger charge is -2.60. The van der Waals surface area contributed by atoms with Gasteiger partial charge in [0, 0.05) is 62.9 Å². The molecular formula is C45H60N4O9. The van der Waals surface area contributed by atoms with Gasteiger partial charge in [0.2, 0.25) is 5.79 Å². The molecule has 0 radical (unpaired) electrons. The summed E-state index contributed by atoms with van der Waals surface area (Å²) in [5.41, 5.74) is 3.47. The highest BCUT2D eigenvalue weighted by Crippen LogP contribution is 2.62. The van der Waals surface area contributed by atoms with E-state index in [9.17, 15) is 25.4 Å². The number of carbonyl (C=O) groups is 1. The SMILES string of the molecule is C=CCOC12Oc3ccc(OCCN4CC4)cc3C3C(CCCCO)C(CCCCO)C=C(C(=NOCC)CC1N(CCOCCO)C(=O)c1ccc(C#N)cc1)C32. The molecule has 13 heteroatoms. The minimum Gasteiger partial charge on any atom is -0.492 e. The summed E-state index contributed by atoms with van der Waals surface area (Å²) in [6.07, 6.45) is 8.89. The smallest absolute Gasteiger partial charge is 0.254 e. The number of aliphatic hydroxyl groups is 3. The lowest BCUT2D eigenvalue weighted by atomic mass is 9.55. The lowest BCUT2D eigenvalue weighted by molar-refractivity contribution is -0.254. The van der Waals surface area contributed by atoms with Gasteiger partial charge in [-0.05, 0) is 92.5 Å². The van der Waals surface area contributed by atoms with E-state index in [0.29, 0.717) is 48.6 Å². The van der Waals surface area contributed by atoms with E-state index in [2.05, 4.69) is 29.7 Å². The number of fused-ring (bicyclic) bond motifs is 2. The minimum absolute atomic E-state index is 0.0730. The number of nitriles is 1. The number of hydrogen-bond donors (Lipinski definition) is 3. The standard InChI is InChI=1S/C45H60N4O9/c1-3-24-56-45-41(49(20-25-54-27-23-52)44(53)33-13-11-32(31-46)12-14-33)30-39(47-57-4-2)37-28-34(9-5-7-21-50)36(10-6-8-22-51)42(43(37)45)38-29-35(15-16-40(38)58-45)55-26-19-48-17-18-48/h3,11-16,28-29,34,36,41-43,50-52H,1,4-10,17-27,30H2,2H3. The molecule has 6 rings (SSSR count). The number of nitrogens with zero attached hydrogens (tertiary/aromatic N) is 4. The first kappa shape index (κ1) is 43.3. The Bertz CT molecular complexity index is 1770. The van der Waals surface area contributed by atoms with Gasteiger partial charge in [-0.2, -0.15) is 5.26 Å². The maximum atomic E-state index is 14.9. The first-order valence-electron chi connectivity index (χ1n) is 21.0. The van der Waals surface area contributed by atoms with Crippen LogP contribution >= 0.6 is 0 Å². The molecule has 6 atom stereocenters. The van der Waals surface area contributed by atoms with Crippen molar-refractivity contribution >= 4 is 11.6 Å². The van der Waals surface area contributed by atoms with Crippen molar-refractivity contribution in [2.24, 2.45) is 22.9 Å². The number of unbranched alkanes of at least 4 members (excludes halogenated alkanes) is 2. The predicted octanol–water partition coefficient (Wildman–Crippen LogP) is 5.06. The molecule has 2 aromatic rings. The molecule has 0 aromatic heterocycles. The molecule has 2 aliphatic heterocycles. The van der Waals surface area contributed by atoms with E-state index >= 15 is 0 Å². The van der Waals surface area contributed by atoms with Crippen LogP contribution in [-0.2, 0) is 14.3 Å². The molecule has 1 saturated heterocycles. The number of oxime groups is 1. The molecule has 4 aliphatic rings. The normalized spacial score (nSPS) is 25.1. The Morgan fingerprint density at radius 1 is 1.05 bits per heavy atom. The summed E-state index contributed by atoms with van der Waals surface area (Å²) in [5, 5.41) is 43.6. The van der Waals surface area contributed by atoms with Crippen LogP contribution in [0.2, 0.25) is 0 Å². The van der Waals surface area contributed by atoms with Gasteiger partial charge in [-0.3, -0.25) is 9.69 Å². The molecule has 6 unspecified atom stereocenters. The number of benzene rings is 2. The average Bonchev–Trinajstić information content (AvgIpc) is 4.08. The Labute approximate surface area is 342 Å². The molecule has 2 heterocycles. The molecule has 314 valence electrons. The molecule has 3 N–H and O–H groups in total. The third-order valence-electron chi connectivity index (χ3n) is 11.8. The second kappa shape index (κ2) is 21.1. The van der Waals surface area contributed by atoms with Crippen molar-refractivity contribution in [3.8, 4) is 17.6 Å². The number of aliphatic hydroxyl groups excluding tert-OH is 3. The topological polar surface area (TPSA) is 166 Å². The van der Waals surface area contributed by atoms with Gasteiger partial charge in [-0.1, -0.05) is 30.1 Å². The third-order valence-corrected chi connectivity index (χ3v) is 11.8. The monoisotopic (exact) mass is 800 g/mol. The fourth-order valence-corrected chi connectivity index (χ4v) is 9.05. The molecular weight excluding hydrogens is 741 g/mol. The Morgan fingerprint density at radius 3 is 2.52 bits per heavy atom. The van der Waals surface area contributed by atoms with E-state index in [1.165, 1.54) is 0 Å². The highest BCUT2D eigenvalue weighted by molar-refractivity contribution is 6.03. The quantitative estimate of drug-likeness (QED) is 0.0563. The van der Waals surface area contributed by atoms with Crippen LogP contribution in [0.5, 0.6) is 11.5 Å². The summed E-state index contributed by atoms with van der Waals surface area (Å²) < 4.78 is 26.5. The summed E-state index contributed by atoms with van der Waals surface area (Å²) in [6.45, 7) is 10.4. The molecule has 1 saturated carbocycles. The van der Waals surface area contributed by atoms with Crippen molar-refractivity contribution in [2.45, 2.75) is 69.6 Å². The zero-order chi connectivity index (χ0) is 40.9. The van der Waals surface area contributed by atoms with Crippen LogP contribution in [0.4, 0.5) is 0 Å². The Kier molecular flexibility index (Phi) is 15.8. The highest BCUT2D eigenvalue weighted by Gasteiger charge is 2.65. The van der Waals surface area contributed by atoms with E-state index in [-0.39, 0.29) is 76.3 Å². The summed E-state index contributed by atoms with van der Waals surface area (Å²) in [7, 11) is 0. The van der Waals surface area contributed by atoms with Crippen LogP contribution in [0.1, 0.15) is 79.3 Å². The summed E-state index contributed by atoms with van der Waals surface area (Å²) in [6, 6.07) is 13.9.